The van der Waals surface area contributed by atoms with Crippen LogP contribution in [0.3, 0.4) is 0 Å². The van der Waals surface area contributed by atoms with Gasteiger partial charge in [-0.15, -0.1) is 0 Å². The van der Waals surface area contributed by atoms with Crippen LogP contribution >= 0.6 is 0 Å². The third-order valence-electron chi connectivity index (χ3n) is 5.80. The molecule has 0 unspecified atom stereocenters. The zero-order valence-corrected chi connectivity index (χ0v) is 17.0. The summed E-state index contributed by atoms with van der Waals surface area (Å²) in [5, 5.41) is 4.31. The number of hydrogen-bond donors (Lipinski definition) is 1. The first kappa shape index (κ1) is 19.6. The van der Waals surface area contributed by atoms with E-state index in [9.17, 15) is 9.18 Å². The summed E-state index contributed by atoms with van der Waals surface area (Å²) >= 11 is 0. The van der Waals surface area contributed by atoms with Gasteiger partial charge in [0.2, 0.25) is 0 Å². The van der Waals surface area contributed by atoms with Gasteiger partial charge in [0.1, 0.15) is 5.82 Å². The zero-order chi connectivity index (χ0) is 20.8. The van der Waals surface area contributed by atoms with Crippen molar-refractivity contribution in [3.8, 4) is 0 Å². The fourth-order valence-electron chi connectivity index (χ4n) is 3.38. The molecule has 0 bridgehead atoms. The maximum absolute atomic E-state index is 13.9. The average molecular weight is 391 g/mol. The monoisotopic (exact) mass is 391 g/mol. The van der Waals surface area contributed by atoms with Crippen molar-refractivity contribution in [3.05, 3.63) is 72.0 Å². The highest BCUT2D eigenvalue weighted by Gasteiger charge is 2.51. The quantitative estimate of drug-likeness (QED) is 0.668. The van der Waals surface area contributed by atoms with Gasteiger partial charge in [0.25, 0.3) is 5.91 Å². The fourth-order valence-corrected chi connectivity index (χ4v) is 3.38. The molecule has 148 valence electrons. The SMILES string of the molecule is CC1(C)OB(c2ccc3c(C(=O)Nc4ccccc4F)cccc3c2)OC1(C)C. The Kier molecular flexibility index (Phi) is 4.72. The predicted molar refractivity (Wildman–Crippen MR) is 114 cm³/mol. The number of benzene rings is 3. The first-order valence-electron chi connectivity index (χ1n) is 9.62. The average Bonchev–Trinajstić information content (AvgIpc) is 2.90. The molecular weight excluding hydrogens is 368 g/mol. The molecule has 0 spiro atoms. The number of carbonyl (C=O) groups is 1. The van der Waals surface area contributed by atoms with Crippen molar-refractivity contribution in [2.45, 2.75) is 38.9 Å². The molecule has 0 aromatic heterocycles. The van der Waals surface area contributed by atoms with Gasteiger partial charge in [0.15, 0.2) is 0 Å². The number of nitrogens with one attached hydrogen (secondary N) is 1. The Morgan fingerprint density at radius 1 is 0.931 bits per heavy atom. The van der Waals surface area contributed by atoms with Crippen molar-refractivity contribution < 1.29 is 18.5 Å². The van der Waals surface area contributed by atoms with Gasteiger partial charge in [0.05, 0.1) is 16.9 Å². The topological polar surface area (TPSA) is 47.6 Å². The van der Waals surface area contributed by atoms with E-state index in [0.717, 1.165) is 16.2 Å². The van der Waals surface area contributed by atoms with Gasteiger partial charge in [-0.1, -0.05) is 42.5 Å². The van der Waals surface area contributed by atoms with E-state index in [-0.39, 0.29) is 11.6 Å². The van der Waals surface area contributed by atoms with Crippen LogP contribution in [0, 0.1) is 5.82 Å². The van der Waals surface area contributed by atoms with Crippen molar-refractivity contribution in [2.24, 2.45) is 0 Å². The highest BCUT2D eigenvalue weighted by Crippen LogP contribution is 2.36. The van der Waals surface area contributed by atoms with E-state index in [4.69, 9.17) is 9.31 Å². The fraction of sp³-hybridized carbons (Fsp3) is 0.261. The van der Waals surface area contributed by atoms with Crippen LogP contribution in [0.15, 0.2) is 60.7 Å². The van der Waals surface area contributed by atoms with Crippen molar-refractivity contribution >= 4 is 34.9 Å². The van der Waals surface area contributed by atoms with E-state index in [1.807, 2.05) is 58.0 Å². The lowest BCUT2D eigenvalue weighted by Gasteiger charge is -2.32. The molecule has 0 saturated carbocycles. The van der Waals surface area contributed by atoms with Crippen LogP contribution in [-0.2, 0) is 9.31 Å². The van der Waals surface area contributed by atoms with E-state index in [2.05, 4.69) is 5.32 Å². The lowest BCUT2D eigenvalue weighted by Crippen LogP contribution is -2.41. The predicted octanol–water partition coefficient (Wildman–Crippen LogP) is 4.53. The second kappa shape index (κ2) is 6.97. The number of halogens is 1. The molecule has 1 fully saturated rings. The minimum absolute atomic E-state index is 0.156. The van der Waals surface area contributed by atoms with Gasteiger partial charge in [-0.25, -0.2) is 4.39 Å². The second-order valence-electron chi connectivity index (χ2n) is 8.31. The summed E-state index contributed by atoms with van der Waals surface area (Å²) < 4.78 is 26.1. The summed E-state index contributed by atoms with van der Waals surface area (Å²) in [7, 11) is -0.472. The third-order valence-corrected chi connectivity index (χ3v) is 5.80. The molecule has 1 N–H and O–H groups in total. The molecular formula is C23H23BFNO3. The number of hydrogen-bond acceptors (Lipinski definition) is 3. The summed E-state index contributed by atoms with van der Waals surface area (Å²) in [4.78, 5) is 12.8. The minimum atomic E-state index is -0.472. The van der Waals surface area contributed by atoms with Crippen molar-refractivity contribution in [2.75, 3.05) is 5.32 Å². The van der Waals surface area contributed by atoms with E-state index in [1.54, 1.807) is 18.2 Å². The first-order valence-corrected chi connectivity index (χ1v) is 9.62. The first-order chi connectivity index (χ1) is 13.7. The molecule has 29 heavy (non-hydrogen) atoms. The Balaban J connectivity index is 1.65. The molecule has 3 aromatic carbocycles. The summed E-state index contributed by atoms with van der Waals surface area (Å²) in [6.07, 6.45) is 0. The van der Waals surface area contributed by atoms with Crippen molar-refractivity contribution in [1.29, 1.82) is 0 Å². The highest BCUT2D eigenvalue weighted by molar-refractivity contribution is 6.62. The molecule has 6 heteroatoms. The smallest absolute Gasteiger partial charge is 0.399 e. The summed E-state index contributed by atoms with van der Waals surface area (Å²) in [5.41, 5.74) is 0.680. The van der Waals surface area contributed by atoms with Gasteiger partial charge in [-0.05, 0) is 62.1 Å². The summed E-state index contributed by atoms with van der Waals surface area (Å²) in [6, 6.07) is 17.3. The molecule has 0 atom stereocenters. The Morgan fingerprint density at radius 3 is 2.31 bits per heavy atom. The van der Waals surface area contributed by atoms with Gasteiger partial charge >= 0.3 is 7.12 Å². The summed E-state index contributed by atoms with van der Waals surface area (Å²) in [5.74, 6) is -0.826. The van der Waals surface area contributed by atoms with E-state index < -0.39 is 24.1 Å². The van der Waals surface area contributed by atoms with Crippen molar-refractivity contribution in [1.82, 2.24) is 0 Å². The number of para-hydroxylation sites is 1. The van der Waals surface area contributed by atoms with Gasteiger partial charge in [-0.3, -0.25) is 4.79 Å². The molecule has 4 rings (SSSR count). The zero-order valence-electron chi connectivity index (χ0n) is 17.0. The molecule has 0 radical (unpaired) electrons. The lowest BCUT2D eigenvalue weighted by molar-refractivity contribution is 0.00578. The number of carbonyl (C=O) groups excluding carboxylic acids is 1. The van der Waals surface area contributed by atoms with Crippen LogP contribution in [0.4, 0.5) is 10.1 Å². The Morgan fingerprint density at radius 2 is 1.62 bits per heavy atom. The van der Waals surface area contributed by atoms with Crippen LogP contribution < -0.4 is 10.8 Å². The molecule has 1 amide bonds. The van der Waals surface area contributed by atoms with Gasteiger partial charge < -0.3 is 14.6 Å². The van der Waals surface area contributed by atoms with Crippen LogP contribution in [0.1, 0.15) is 38.1 Å². The highest BCUT2D eigenvalue weighted by atomic mass is 19.1. The Labute approximate surface area is 170 Å². The van der Waals surface area contributed by atoms with Crippen LogP contribution in [0.5, 0.6) is 0 Å². The standard InChI is InChI=1S/C23H23BFNO3/c1-22(2)23(3,4)29-24(28-22)16-12-13-17-15(14-16)8-7-9-18(17)21(27)26-20-11-6-5-10-19(20)25/h5-14H,1-4H3,(H,26,27). The molecule has 1 saturated heterocycles. The van der Waals surface area contributed by atoms with Gasteiger partial charge in [0, 0.05) is 5.56 Å². The molecule has 0 aliphatic carbocycles. The molecule has 4 nitrogen and oxygen atoms in total. The molecule has 1 aliphatic rings. The largest absolute Gasteiger partial charge is 0.494 e. The molecule has 1 heterocycles. The Bertz CT molecular complexity index is 1080. The maximum atomic E-state index is 13.9. The molecule has 1 aliphatic heterocycles. The molecule has 3 aromatic rings. The minimum Gasteiger partial charge on any atom is -0.399 e. The van der Waals surface area contributed by atoms with Crippen LogP contribution in [-0.4, -0.2) is 24.2 Å². The van der Waals surface area contributed by atoms with E-state index in [0.29, 0.717) is 5.56 Å². The van der Waals surface area contributed by atoms with E-state index >= 15 is 0 Å². The third kappa shape index (κ3) is 3.54. The van der Waals surface area contributed by atoms with E-state index in [1.165, 1.54) is 12.1 Å². The number of anilines is 1. The van der Waals surface area contributed by atoms with Crippen molar-refractivity contribution in [3.63, 3.8) is 0 Å². The normalized spacial score (nSPS) is 17.5. The second-order valence-corrected chi connectivity index (χ2v) is 8.31. The number of fused-ring (bicyclic) bond motifs is 1. The number of amides is 1. The van der Waals surface area contributed by atoms with Gasteiger partial charge in [-0.2, -0.15) is 0 Å². The lowest BCUT2D eigenvalue weighted by atomic mass is 9.78. The maximum Gasteiger partial charge on any atom is 0.494 e. The Hall–Kier alpha value is -2.70. The summed E-state index contributed by atoms with van der Waals surface area (Å²) in [6.45, 7) is 8.05. The van der Waals surface area contributed by atoms with Crippen LogP contribution in [0.25, 0.3) is 10.8 Å². The number of rotatable bonds is 3. The van der Waals surface area contributed by atoms with Crippen LogP contribution in [0.2, 0.25) is 0 Å².